The molecule has 23 heavy (non-hydrogen) atoms. The van der Waals surface area contributed by atoms with Crippen molar-refractivity contribution in [1.29, 1.82) is 0 Å². The number of benzene rings is 2. The molecule has 3 aromatic rings. The van der Waals surface area contributed by atoms with Crippen molar-refractivity contribution in [3.8, 4) is 23.1 Å². The number of methoxy groups -OCH3 is 1. The van der Waals surface area contributed by atoms with Crippen molar-refractivity contribution in [1.82, 2.24) is 9.97 Å². The van der Waals surface area contributed by atoms with Crippen LogP contribution in [0.1, 0.15) is 13.8 Å². The summed E-state index contributed by atoms with van der Waals surface area (Å²) in [6.07, 6.45) is 1.39. The van der Waals surface area contributed by atoms with E-state index < -0.39 is 0 Å². The fraction of sp³-hybridized carbons (Fsp3) is 0.176. The number of phenolic OH excluding ortho intramolecular Hbond substituents is 1. The Bertz CT molecular complexity index is 789. The Morgan fingerprint density at radius 2 is 1.74 bits per heavy atom. The van der Waals surface area contributed by atoms with Crippen molar-refractivity contribution < 1.29 is 14.6 Å². The zero-order valence-electron chi connectivity index (χ0n) is 13.3. The van der Waals surface area contributed by atoms with Crippen molar-refractivity contribution in [2.75, 3.05) is 12.8 Å². The van der Waals surface area contributed by atoms with Gasteiger partial charge in [-0.05, 0) is 30.3 Å². The Kier molecular flexibility index (Phi) is 5.19. The second-order valence-electron chi connectivity index (χ2n) is 4.39. The molecule has 1 heterocycles. The average Bonchev–Trinajstić information content (AvgIpc) is 2.59. The van der Waals surface area contributed by atoms with E-state index in [4.69, 9.17) is 15.2 Å². The predicted molar refractivity (Wildman–Crippen MR) is 90.0 cm³/mol. The highest BCUT2D eigenvalue weighted by Gasteiger charge is 2.11. The molecule has 2 aromatic carbocycles. The number of hydrogen-bond donors (Lipinski definition) is 2. The maximum absolute atomic E-state index is 9.88. The fourth-order valence-corrected chi connectivity index (χ4v) is 1.94. The molecule has 0 radical (unpaired) electrons. The molecule has 0 spiro atoms. The summed E-state index contributed by atoms with van der Waals surface area (Å²) in [5, 5.41) is 10.5. The summed E-state index contributed by atoms with van der Waals surface area (Å²) in [5.74, 6) is 1.30. The lowest BCUT2D eigenvalue weighted by Gasteiger charge is -2.09. The van der Waals surface area contributed by atoms with Crippen LogP contribution < -0.4 is 15.2 Å². The summed E-state index contributed by atoms with van der Waals surface area (Å²) in [7, 11) is 1.48. The summed E-state index contributed by atoms with van der Waals surface area (Å²) in [4.78, 5) is 8.25. The molecule has 0 bridgehead atoms. The quantitative estimate of drug-likeness (QED) is 0.716. The van der Waals surface area contributed by atoms with Gasteiger partial charge in [-0.3, -0.25) is 0 Å². The van der Waals surface area contributed by atoms with E-state index in [0.717, 1.165) is 0 Å². The number of nitrogens with two attached hydrogens (primary N) is 1. The fourth-order valence-electron chi connectivity index (χ4n) is 1.94. The number of nitrogen functional groups attached to an aromatic ring is 1. The van der Waals surface area contributed by atoms with Crippen molar-refractivity contribution >= 4 is 16.6 Å². The average molecular weight is 313 g/mol. The number of fused-ring (bicyclic) bond motifs is 1. The molecule has 0 saturated carbocycles. The maximum atomic E-state index is 9.88. The van der Waals surface area contributed by atoms with Crippen molar-refractivity contribution in [2.45, 2.75) is 13.8 Å². The maximum Gasteiger partial charge on any atom is 0.230 e. The number of phenols is 1. The SMILES string of the molecule is CC.COc1cc2ncnc(Oc3ccc(N)cc3)c2cc1O. The van der Waals surface area contributed by atoms with Crippen LogP contribution in [0.3, 0.4) is 0 Å². The third kappa shape index (κ3) is 3.60. The van der Waals surface area contributed by atoms with Gasteiger partial charge in [0.25, 0.3) is 0 Å². The first kappa shape index (κ1) is 16.4. The van der Waals surface area contributed by atoms with E-state index in [-0.39, 0.29) is 5.75 Å². The molecule has 0 fully saturated rings. The van der Waals surface area contributed by atoms with Crippen LogP contribution in [-0.2, 0) is 0 Å². The van der Waals surface area contributed by atoms with Gasteiger partial charge in [0, 0.05) is 11.8 Å². The van der Waals surface area contributed by atoms with Crippen LogP contribution >= 0.6 is 0 Å². The summed E-state index contributed by atoms with van der Waals surface area (Å²) >= 11 is 0. The predicted octanol–water partition coefficient (Wildman–Crippen LogP) is 3.74. The molecule has 0 aliphatic rings. The number of anilines is 1. The van der Waals surface area contributed by atoms with Crippen LogP contribution in [0.4, 0.5) is 5.69 Å². The zero-order chi connectivity index (χ0) is 16.8. The van der Waals surface area contributed by atoms with Gasteiger partial charge in [-0.15, -0.1) is 0 Å². The highest BCUT2D eigenvalue weighted by Crippen LogP contribution is 2.35. The Morgan fingerprint density at radius 3 is 2.39 bits per heavy atom. The van der Waals surface area contributed by atoms with E-state index in [2.05, 4.69) is 9.97 Å². The second-order valence-corrected chi connectivity index (χ2v) is 4.39. The van der Waals surface area contributed by atoms with Crippen LogP contribution in [0.2, 0.25) is 0 Å². The Hall–Kier alpha value is -3.02. The monoisotopic (exact) mass is 313 g/mol. The number of hydrogen-bond acceptors (Lipinski definition) is 6. The summed E-state index contributed by atoms with van der Waals surface area (Å²) < 4.78 is 10.8. The minimum Gasteiger partial charge on any atom is -0.504 e. The molecule has 6 heteroatoms. The molecule has 120 valence electrons. The molecule has 0 amide bonds. The summed E-state index contributed by atoms with van der Waals surface area (Å²) in [6.45, 7) is 4.00. The van der Waals surface area contributed by atoms with Gasteiger partial charge in [-0.25, -0.2) is 9.97 Å². The summed E-state index contributed by atoms with van der Waals surface area (Å²) in [5.41, 5.74) is 6.90. The van der Waals surface area contributed by atoms with E-state index in [1.807, 2.05) is 13.8 Å². The molecule has 3 N–H and O–H groups in total. The van der Waals surface area contributed by atoms with Gasteiger partial charge in [0.2, 0.25) is 5.88 Å². The molecule has 0 aliphatic carbocycles. The number of ether oxygens (including phenoxy) is 2. The number of nitrogens with zero attached hydrogens (tertiary/aromatic N) is 2. The molecule has 6 nitrogen and oxygen atoms in total. The molecule has 1 aromatic heterocycles. The largest absolute Gasteiger partial charge is 0.504 e. The van der Waals surface area contributed by atoms with Gasteiger partial charge in [-0.2, -0.15) is 0 Å². The van der Waals surface area contributed by atoms with Crippen LogP contribution in [0, 0.1) is 0 Å². The van der Waals surface area contributed by atoms with Crippen molar-refractivity contribution in [3.05, 3.63) is 42.7 Å². The minimum atomic E-state index is 0.00181. The van der Waals surface area contributed by atoms with Crippen LogP contribution in [0.25, 0.3) is 10.9 Å². The van der Waals surface area contributed by atoms with E-state index in [1.54, 1.807) is 30.3 Å². The van der Waals surface area contributed by atoms with E-state index >= 15 is 0 Å². The lowest BCUT2D eigenvalue weighted by atomic mass is 10.2. The first-order valence-corrected chi connectivity index (χ1v) is 7.22. The second kappa shape index (κ2) is 7.31. The number of aromatic hydroxyl groups is 1. The van der Waals surface area contributed by atoms with Gasteiger partial charge in [0.05, 0.1) is 18.0 Å². The third-order valence-corrected chi connectivity index (χ3v) is 2.99. The molecule has 0 saturated heterocycles. The van der Waals surface area contributed by atoms with Gasteiger partial charge >= 0.3 is 0 Å². The van der Waals surface area contributed by atoms with Crippen LogP contribution in [0.5, 0.6) is 23.1 Å². The van der Waals surface area contributed by atoms with Gasteiger partial charge in [-0.1, -0.05) is 13.8 Å². The molecule has 3 rings (SSSR count). The van der Waals surface area contributed by atoms with Crippen molar-refractivity contribution in [3.63, 3.8) is 0 Å². The highest BCUT2D eigenvalue weighted by molar-refractivity contribution is 5.86. The van der Waals surface area contributed by atoms with Crippen LogP contribution in [-0.4, -0.2) is 22.2 Å². The molecule has 0 aliphatic heterocycles. The van der Waals surface area contributed by atoms with Gasteiger partial charge < -0.3 is 20.3 Å². The number of aromatic nitrogens is 2. The van der Waals surface area contributed by atoms with Gasteiger partial charge in [0.1, 0.15) is 12.1 Å². The lowest BCUT2D eigenvalue weighted by Crippen LogP contribution is -1.93. The highest BCUT2D eigenvalue weighted by atomic mass is 16.5. The molecule has 0 atom stereocenters. The van der Waals surface area contributed by atoms with E-state index in [9.17, 15) is 5.11 Å². The first-order chi connectivity index (χ1) is 11.2. The molecule has 0 unspecified atom stereocenters. The Balaban J connectivity index is 0.000000924. The third-order valence-electron chi connectivity index (χ3n) is 2.99. The lowest BCUT2D eigenvalue weighted by molar-refractivity contribution is 0.374. The Labute approximate surface area is 134 Å². The van der Waals surface area contributed by atoms with Gasteiger partial charge in [0.15, 0.2) is 11.5 Å². The topological polar surface area (TPSA) is 90.5 Å². The standard InChI is InChI=1S/C15H13N3O3.C2H6/c1-20-14-7-12-11(6-13(14)19)15(18-8-17-12)21-10-4-2-9(16)3-5-10;1-2/h2-8,19H,16H2,1H3;1-2H3. The Morgan fingerprint density at radius 1 is 1.04 bits per heavy atom. The summed E-state index contributed by atoms with van der Waals surface area (Å²) in [6, 6.07) is 10.1. The smallest absolute Gasteiger partial charge is 0.230 e. The minimum absolute atomic E-state index is 0.00181. The zero-order valence-corrected chi connectivity index (χ0v) is 13.3. The van der Waals surface area contributed by atoms with Crippen LogP contribution in [0.15, 0.2) is 42.7 Å². The number of rotatable bonds is 3. The molecular formula is C17H19N3O3. The first-order valence-electron chi connectivity index (χ1n) is 7.22. The van der Waals surface area contributed by atoms with E-state index in [1.165, 1.54) is 19.5 Å². The van der Waals surface area contributed by atoms with Crippen molar-refractivity contribution in [2.24, 2.45) is 0 Å². The normalized spacial score (nSPS) is 9.87. The van der Waals surface area contributed by atoms with E-state index in [0.29, 0.717) is 34.0 Å². The molecular weight excluding hydrogens is 294 g/mol.